The van der Waals surface area contributed by atoms with Crippen molar-refractivity contribution in [2.75, 3.05) is 5.32 Å². The SMILES string of the molecule is Cc1ccc(Cl)cc1N/C=C1/C(=O)[C@@]2(C)CC[C@H]1C2(C)C. The van der Waals surface area contributed by atoms with Crippen molar-refractivity contribution in [2.45, 2.75) is 40.5 Å². The van der Waals surface area contributed by atoms with Gasteiger partial charge in [-0.2, -0.15) is 0 Å². The predicted octanol–water partition coefficient (Wildman–Crippen LogP) is 4.97. The summed E-state index contributed by atoms with van der Waals surface area (Å²) < 4.78 is 0. The third-order valence-corrected chi connectivity index (χ3v) is 6.18. The normalized spacial score (nSPS) is 32.0. The van der Waals surface area contributed by atoms with Crippen LogP contribution >= 0.6 is 11.6 Å². The molecule has 1 N–H and O–H groups in total. The fourth-order valence-electron chi connectivity index (χ4n) is 4.00. The lowest BCUT2D eigenvalue weighted by Gasteiger charge is -2.31. The van der Waals surface area contributed by atoms with Crippen molar-refractivity contribution in [1.29, 1.82) is 0 Å². The Labute approximate surface area is 131 Å². The first-order chi connectivity index (χ1) is 9.77. The van der Waals surface area contributed by atoms with Gasteiger partial charge >= 0.3 is 0 Å². The Morgan fingerprint density at radius 3 is 2.67 bits per heavy atom. The van der Waals surface area contributed by atoms with Crippen molar-refractivity contribution in [3.05, 3.63) is 40.6 Å². The molecule has 1 aromatic carbocycles. The summed E-state index contributed by atoms with van der Waals surface area (Å²) in [5, 5.41) is 4.00. The minimum absolute atomic E-state index is 0.0565. The van der Waals surface area contributed by atoms with E-state index in [0.717, 1.165) is 29.7 Å². The topological polar surface area (TPSA) is 29.1 Å². The maximum atomic E-state index is 12.7. The van der Waals surface area contributed by atoms with Crippen LogP contribution in [-0.4, -0.2) is 5.78 Å². The van der Waals surface area contributed by atoms with Crippen molar-refractivity contribution in [2.24, 2.45) is 16.7 Å². The van der Waals surface area contributed by atoms with E-state index >= 15 is 0 Å². The number of carbonyl (C=O) groups is 1. The molecular formula is C18H22ClNO. The predicted molar refractivity (Wildman–Crippen MR) is 87.5 cm³/mol. The van der Waals surface area contributed by atoms with Crippen molar-refractivity contribution in [1.82, 2.24) is 0 Å². The van der Waals surface area contributed by atoms with Crippen molar-refractivity contribution < 1.29 is 4.79 Å². The second kappa shape index (κ2) is 4.61. The maximum Gasteiger partial charge on any atom is 0.167 e. The van der Waals surface area contributed by atoms with Gasteiger partial charge in [-0.15, -0.1) is 0 Å². The summed E-state index contributed by atoms with van der Waals surface area (Å²) in [5.74, 6) is 0.679. The van der Waals surface area contributed by atoms with Crippen LogP contribution in [0.25, 0.3) is 0 Å². The Balaban J connectivity index is 1.92. The van der Waals surface area contributed by atoms with E-state index in [1.807, 2.05) is 31.3 Å². The van der Waals surface area contributed by atoms with Gasteiger partial charge in [0, 0.05) is 27.9 Å². The summed E-state index contributed by atoms with van der Waals surface area (Å²) in [4.78, 5) is 12.7. The second-order valence-electron chi connectivity index (χ2n) is 7.18. The molecule has 21 heavy (non-hydrogen) atoms. The zero-order valence-electron chi connectivity index (χ0n) is 13.1. The largest absolute Gasteiger partial charge is 0.361 e. The molecule has 112 valence electrons. The average Bonchev–Trinajstić information content (AvgIpc) is 2.73. The van der Waals surface area contributed by atoms with Crippen LogP contribution in [0.2, 0.25) is 5.02 Å². The number of aryl methyl sites for hydroxylation is 1. The van der Waals surface area contributed by atoms with Crippen LogP contribution in [0.5, 0.6) is 0 Å². The van der Waals surface area contributed by atoms with E-state index in [-0.39, 0.29) is 10.8 Å². The Kier molecular flexibility index (Phi) is 3.21. The van der Waals surface area contributed by atoms with E-state index in [4.69, 9.17) is 11.6 Å². The Morgan fingerprint density at radius 1 is 1.33 bits per heavy atom. The quantitative estimate of drug-likeness (QED) is 0.782. The van der Waals surface area contributed by atoms with Gasteiger partial charge in [0.1, 0.15) is 0 Å². The van der Waals surface area contributed by atoms with Crippen molar-refractivity contribution in [3.63, 3.8) is 0 Å². The molecule has 0 spiro atoms. The summed E-state index contributed by atoms with van der Waals surface area (Å²) in [5.41, 5.74) is 2.90. The molecule has 2 bridgehead atoms. The van der Waals surface area contributed by atoms with Crippen molar-refractivity contribution in [3.8, 4) is 0 Å². The third-order valence-electron chi connectivity index (χ3n) is 5.95. The molecule has 2 nitrogen and oxygen atoms in total. The lowest BCUT2D eigenvalue weighted by molar-refractivity contribution is -0.125. The van der Waals surface area contributed by atoms with Gasteiger partial charge in [-0.25, -0.2) is 0 Å². The first kappa shape index (κ1) is 14.6. The number of hydrogen-bond acceptors (Lipinski definition) is 2. The summed E-state index contributed by atoms with van der Waals surface area (Å²) >= 11 is 6.04. The standard InChI is InChI=1S/C18H22ClNO/c1-11-5-6-12(19)9-15(11)20-10-13-14-7-8-18(4,16(13)21)17(14,2)3/h5-6,9-10,14,20H,7-8H2,1-4H3/b13-10+/t14-,18-/m1/s1. The molecule has 3 rings (SSSR count). The number of nitrogens with one attached hydrogen (secondary N) is 1. The van der Waals surface area contributed by atoms with Gasteiger partial charge in [0.05, 0.1) is 0 Å². The van der Waals surface area contributed by atoms with Gasteiger partial charge in [0.15, 0.2) is 5.78 Å². The molecule has 2 atom stereocenters. The van der Waals surface area contributed by atoms with Crippen LogP contribution in [0, 0.1) is 23.7 Å². The van der Waals surface area contributed by atoms with Crippen LogP contribution in [0.15, 0.2) is 30.0 Å². The molecule has 0 aromatic heterocycles. The van der Waals surface area contributed by atoms with Crippen LogP contribution in [-0.2, 0) is 4.79 Å². The summed E-state index contributed by atoms with van der Waals surface area (Å²) in [6, 6.07) is 5.76. The zero-order valence-corrected chi connectivity index (χ0v) is 13.8. The van der Waals surface area contributed by atoms with E-state index in [9.17, 15) is 4.79 Å². The number of Topliss-reactive ketones (excluding diaryl/α,β-unsaturated/α-hetero) is 1. The van der Waals surface area contributed by atoms with E-state index in [1.54, 1.807) is 0 Å². The van der Waals surface area contributed by atoms with Gasteiger partial charge < -0.3 is 5.32 Å². The van der Waals surface area contributed by atoms with Crippen molar-refractivity contribution >= 4 is 23.1 Å². The van der Waals surface area contributed by atoms with Gasteiger partial charge in [0.25, 0.3) is 0 Å². The lowest BCUT2D eigenvalue weighted by Crippen LogP contribution is -2.32. The molecule has 0 heterocycles. The van der Waals surface area contributed by atoms with Crippen LogP contribution in [0.3, 0.4) is 0 Å². The molecule has 1 aromatic rings. The first-order valence-corrected chi connectivity index (χ1v) is 7.93. The van der Waals surface area contributed by atoms with Gasteiger partial charge in [0.2, 0.25) is 0 Å². The summed E-state index contributed by atoms with van der Waals surface area (Å²) in [7, 11) is 0. The number of allylic oxidation sites excluding steroid dienone is 1. The fourth-order valence-corrected chi connectivity index (χ4v) is 4.17. The molecule has 2 aliphatic carbocycles. The molecule has 0 saturated heterocycles. The number of halogens is 1. The second-order valence-corrected chi connectivity index (χ2v) is 7.61. The Bertz CT molecular complexity index is 647. The first-order valence-electron chi connectivity index (χ1n) is 7.55. The molecule has 2 aliphatic rings. The molecule has 3 heteroatoms. The molecular weight excluding hydrogens is 282 g/mol. The minimum Gasteiger partial charge on any atom is -0.361 e. The number of ketones is 1. The van der Waals surface area contributed by atoms with Crippen LogP contribution < -0.4 is 5.32 Å². The number of benzene rings is 1. The maximum absolute atomic E-state index is 12.7. The lowest BCUT2D eigenvalue weighted by atomic mass is 9.70. The molecule has 2 fully saturated rings. The molecule has 2 saturated carbocycles. The number of anilines is 1. The van der Waals surface area contributed by atoms with Gasteiger partial charge in [-0.05, 0) is 48.8 Å². The van der Waals surface area contributed by atoms with E-state index in [1.165, 1.54) is 0 Å². The highest BCUT2D eigenvalue weighted by Crippen LogP contribution is 2.65. The summed E-state index contributed by atoms with van der Waals surface area (Å²) in [6.45, 7) is 8.62. The van der Waals surface area contributed by atoms with Gasteiger partial charge in [-0.1, -0.05) is 38.4 Å². The smallest absolute Gasteiger partial charge is 0.167 e. The molecule has 0 unspecified atom stereocenters. The molecule has 0 aliphatic heterocycles. The Morgan fingerprint density at radius 2 is 2.05 bits per heavy atom. The summed E-state index contributed by atoms with van der Waals surface area (Å²) in [6.07, 6.45) is 4.03. The highest BCUT2D eigenvalue weighted by Gasteiger charge is 2.63. The van der Waals surface area contributed by atoms with Gasteiger partial charge in [-0.3, -0.25) is 4.79 Å². The number of fused-ring (bicyclic) bond motifs is 2. The Hall–Kier alpha value is -1.28. The fraction of sp³-hybridized carbons (Fsp3) is 0.500. The van der Waals surface area contributed by atoms with Crippen LogP contribution in [0.1, 0.15) is 39.2 Å². The van der Waals surface area contributed by atoms with E-state index in [0.29, 0.717) is 16.7 Å². The van der Waals surface area contributed by atoms with E-state index < -0.39 is 0 Å². The monoisotopic (exact) mass is 303 g/mol. The third kappa shape index (κ3) is 1.96. The number of hydrogen-bond donors (Lipinski definition) is 1. The number of carbonyl (C=O) groups excluding carboxylic acids is 1. The minimum atomic E-state index is -0.200. The highest BCUT2D eigenvalue weighted by atomic mass is 35.5. The molecule has 0 radical (unpaired) electrons. The molecule has 0 amide bonds. The van der Waals surface area contributed by atoms with Crippen LogP contribution in [0.4, 0.5) is 5.69 Å². The number of rotatable bonds is 2. The zero-order chi connectivity index (χ0) is 15.4. The highest BCUT2D eigenvalue weighted by molar-refractivity contribution is 6.30. The average molecular weight is 304 g/mol. The van der Waals surface area contributed by atoms with E-state index in [2.05, 4.69) is 26.1 Å².